The minimum atomic E-state index is 0.627. The van der Waals surface area contributed by atoms with Gasteiger partial charge in [0.15, 0.2) is 17.5 Å². The highest BCUT2D eigenvalue weighted by Gasteiger charge is 2.21. The molecule has 0 N–H and O–H groups in total. The van der Waals surface area contributed by atoms with Crippen molar-refractivity contribution in [2.24, 2.45) is 0 Å². The summed E-state index contributed by atoms with van der Waals surface area (Å²) in [7, 11) is 0. The van der Waals surface area contributed by atoms with Crippen LogP contribution in [0, 0.1) is 0 Å². The highest BCUT2D eigenvalue weighted by Crippen LogP contribution is 2.43. The summed E-state index contributed by atoms with van der Waals surface area (Å²) >= 11 is 0. The van der Waals surface area contributed by atoms with Crippen LogP contribution in [-0.2, 0) is 0 Å². The van der Waals surface area contributed by atoms with Gasteiger partial charge in [-0.15, -0.1) is 0 Å². The highest BCUT2D eigenvalue weighted by atomic mass is 15.0. The molecule has 12 aromatic carbocycles. The molecular formula is C69H42N6. The van der Waals surface area contributed by atoms with Gasteiger partial charge in [-0.25, -0.2) is 15.0 Å². The van der Waals surface area contributed by atoms with E-state index in [9.17, 15) is 0 Å². The Balaban J connectivity index is 0.955. The number of fused-ring (bicyclic) bond motifs is 15. The van der Waals surface area contributed by atoms with Crippen LogP contribution in [0.1, 0.15) is 0 Å². The third-order valence-corrected chi connectivity index (χ3v) is 15.4. The summed E-state index contributed by atoms with van der Waals surface area (Å²) in [5.41, 5.74) is 13.1. The highest BCUT2D eigenvalue weighted by molar-refractivity contribution is 6.26. The van der Waals surface area contributed by atoms with Crippen LogP contribution in [0.15, 0.2) is 255 Å². The van der Waals surface area contributed by atoms with E-state index < -0.39 is 0 Å². The standard InChI is InChI=1S/C69H42N6/c1-3-17-43(18-4-1)67-70-68(44-19-5-2-6-20-44)72-69(71-67)45-31-35-51-49-21-7-8-22-50(49)52-36-32-46(40-58(52)57(51)39-45)75-65-37-33-47(73-61-27-13-9-23-53(61)54-24-10-14-28-62(54)73)41-59(65)60-42-48(34-38-66(60)75)74-63-29-15-11-25-55(63)56-26-12-16-30-64(56)74/h1-42H. The number of hydrogen-bond acceptors (Lipinski definition) is 3. The second kappa shape index (κ2) is 16.2. The van der Waals surface area contributed by atoms with Crippen molar-refractivity contribution in [3.8, 4) is 51.2 Å². The van der Waals surface area contributed by atoms with Gasteiger partial charge in [0.1, 0.15) is 0 Å². The molecule has 0 bridgehead atoms. The smallest absolute Gasteiger partial charge is 0.164 e. The molecule has 0 saturated carbocycles. The molecule has 0 aliphatic carbocycles. The van der Waals surface area contributed by atoms with E-state index in [0.29, 0.717) is 17.5 Å². The lowest BCUT2D eigenvalue weighted by Crippen LogP contribution is -2.00. The first-order valence-electron chi connectivity index (χ1n) is 25.5. The normalized spacial score (nSPS) is 12.0. The van der Waals surface area contributed by atoms with Crippen molar-refractivity contribution < 1.29 is 0 Å². The van der Waals surface area contributed by atoms with E-state index in [-0.39, 0.29) is 0 Å². The molecule has 0 radical (unpaired) electrons. The van der Waals surface area contributed by atoms with Crippen LogP contribution in [0.4, 0.5) is 0 Å². The van der Waals surface area contributed by atoms with Crippen molar-refractivity contribution in [1.29, 1.82) is 0 Å². The van der Waals surface area contributed by atoms with E-state index in [2.05, 4.69) is 232 Å². The zero-order valence-electron chi connectivity index (χ0n) is 40.4. The Morgan fingerprint density at radius 1 is 0.187 bits per heavy atom. The fourth-order valence-corrected chi connectivity index (χ4v) is 12.1. The van der Waals surface area contributed by atoms with Crippen LogP contribution >= 0.6 is 0 Å². The Morgan fingerprint density at radius 2 is 0.480 bits per heavy atom. The maximum Gasteiger partial charge on any atom is 0.164 e. The van der Waals surface area contributed by atoms with E-state index in [0.717, 1.165) is 55.6 Å². The van der Waals surface area contributed by atoms with Crippen molar-refractivity contribution in [2.45, 2.75) is 0 Å². The second-order valence-corrected chi connectivity index (χ2v) is 19.6. The average molecular weight is 955 g/mol. The van der Waals surface area contributed by atoms with Gasteiger partial charge in [-0.2, -0.15) is 0 Å². The summed E-state index contributed by atoms with van der Waals surface area (Å²) in [4.78, 5) is 15.3. The van der Waals surface area contributed by atoms with Crippen LogP contribution in [0.2, 0.25) is 0 Å². The van der Waals surface area contributed by atoms with Gasteiger partial charge in [-0.1, -0.05) is 176 Å². The fraction of sp³-hybridized carbons (Fsp3) is 0. The fourth-order valence-electron chi connectivity index (χ4n) is 12.1. The van der Waals surface area contributed by atoms with Crippen LogP contribution in [-0.4, -0.2) is 28.7 Å². The molecule has 0 atom stereocenters. The Kier molecular flexibility index (Phi) is 8.94. The second-order valence-electron chi connectivity index (χ2n) is 19.6. The van der Waals surface area contributed by atoms with E-state index in [1.165, 1.54) is 75.9 Å². The van der Waals surface area contributed by atoms with Crippen molar-refractivity contribution in [1.82, 2.24) is 28.7 Å². The molecule has 0 unspecified atom stereocenters. The SMILES string of the molecule is c1ccc(-c2nc(-c3ccccc3)nc(-c3ccc4c5ccccc5c5ccc(-n6c7ccc(-n8c9ccccc9c9ccccc98)cc7c7cc(-n8c9ccccc9c9ccccc98)ccc76)cc5c4c3)n2)cc1. The van der Waals surface area contributed by atoms with Crippen molar-refractivity contribution in [2.75, 3.05) is 0 Å². The van der Waals surface area contributed by atoms with Gasteiger partial charge >= 0.3 is 0 Å². The number of aromatic nitrogens is 6. The first-order valence-corrected chi connectivity index (χ1v) is 25.5. The molecule has 0 amide bonds. The Labute approximate surface area is 430 Å². The van der Waals surface area contributed by atoms with Crippen LogP contribution < -0.4 is 0 Å². The minimum Gasteiger partial charge on any atom is -0.309 e. The molecule has 16 rings (SSSR count). The number of para-hydroxylation sites is 4. The number of hydrogen-bond donors (Lipinski definition) is 0. The van der Waals surface area contributed by atoms with Gasteiger partial charge in [0.2, 0.25) is 0 Å². The largest absolute Gasteiger partial charge is 0.309 e. The maximum atomic E-state index is 5.16. The number of nitrogens with zero attached hydrogens (tertiary/aromatic N) is 6. The maximum absolute atomic E-state index is 5.16. The molecule has 4 heterocycles. The molecule has 4 aromatic heterocycles. The van der Waals surface area contributed by atoms with Crippen molar-refractivity contribution >= 4 is 97.7 Å². The molecule has 16 aromatic rings. The summed E-state index contributed by atoms with van der Waals surface area (Å²) < 4.78 is 7.31. The lowest BCUT2D eigenvalue weighted by Gasteiger charge is -2.15. The Hall–Kier alpha value is -10.2. The summed E-state index contributed by atoms with van der Waals surface area (Å²) in [5.74, 6) is 1.90. The Morgan fingerprint density at radius 3 is 0.907 bits per heavy atom. The summed E-state index contributed by atoms with van der Waals surface area (Å²) in [5, 5.41) is 14.4. The first kappa shape index (κ1) is 41.4. The van der Waals surface area contributed by atoms with Gasteiger partial charge in [0, 0.05) is 66.1 Å². The van der Waals surface area contributed by atoms with Gasteiger partial charge in [0.25, 0.3) is 0 Å². The topological polar surface area (TPSA) is 53.5 Å². The van der Waals surface area contributed by atoms with E-state index >= 15 is 0 Å². The molecule has 0 saturated heterocycles. The molecule has 0 aliphatic heterocycles. The molecule has 6 nitrogen and oxygen atoms in total. The molecule has 75 heavy (non-hydrogen) atoms. The molecule has 348 valence electrons. The summed E-state index contributed by atoms with van der Waals surface area (Å²) in [6, 6.07) is 91.9. The van der Waals surface area contributed by atoms with Crippen LogP contribution in [0.25, 0.3) is 149 Å². The van der Waals surface area contributed by atoms with E-state index in [1.807, 2.05) is 36.4 Å². The minimum absolute atomic E-state index is 0.627. The third kappa shape index (κ3) is 6.30. The third-order valence-electron chi connectivity index (χ3n) is 15.4. The molecule has 0 spiro atoms. The quantitative estimate of drug-likeness (QED) is 0.156. The number of benzene rings is 12. The summed E-state index contributed by atoms with van der Waals surface area (Å²) in [6.45, 7) is 0. The molecule has 0 fully saturated rings. The van der Waals surface area contributed by atoms with E-state index in [4.69, 9.17) is 15.0 Å². The van der Waals surface area contributed by atoms with Crippen molar-refractivity contribution in [3.63, 3.8) is 0 Å². The molecular weight excluding hydrogens is 913 g/mol. The van der Waals surface area contributed by atoms with Gasteiger partial charge in [-0.05, 0) is 111 Å². The van der Waals surface area contributed by atoms with Crippen LogP contribution in [0.3, 0.4) is 0 Å². The lowest BCUT2D eigenvalue weighted by atomic mass is 9.93. The predicted molar refractivity (Wildman–Crippen MR) is 312 cm³/mol. The predicted octanol–water partition coefficient (Wildman–Crippen LogP) is 17.6. The number of rotatable bonds is 6. The van der Waals surface area contributed by atoms with E-state index in [1.54, 1.807) is 0 Å². The summed E-state index contributed by atoms with van der Waals surface area (Å²) in [6.07, 6.45) is 0. The monoisotopic (exact) mass is 954 g/mol. The van der Waals surface area contributed by atoms with Crippen LogP contribution in [0.5, 0.6) is 0 Å². The average Bonchev–Trinajstić information content (AvgIpc) is 4.17. The van der Waals surface area contributed by atoms with Gasteiger partial charge < -0.3 is 13.7 Å². The first-order chi connectivity index (χ1) is 37.2. The zero-order valence-corrected chi connectivity index (χ0v) is 40.4. The van der Waals surface area contributed by atoms with Crippen molar-refractivity contribution in [3.05, 3.63) is 255 Å². The van der Waals surface area contributed by atoms with Gasteiger partial charge in [0.05, 0.1) is 33.1 Å². The van der Waals surface area contributed by atoms with Gasteiger partial charge in [-0.3, -0.25) is 0 Å². The molecule has 6 heteroatoms. The lowest BCUT2D eigenvalue weighted by molar-refractivity contribution is 1.07. The zero-order chi connectivity index (χ0) is 49.1. The Bertz CT molecular complexity index is 4670. The molecule has 0 aliphatic rings.